The summed E-state index contributed by atoms with van der Waals surface area (Å²) >= 11 is 1.50. The first-order chi connectivity index (χ1) is 14.3. The van der Waals surface area contributed by atoms with E-state index >= 15 is 0 Å². The van der Waals surface area contributed by atoms with Crippen molar-refractivity contribution in [2.75, 3.05) is 5.32 Å². The van der Waals surface area contributed by atoms with E-state index in [4.69, 9.17) is 0 Å². The molecule has 1 amide bonds. The highest BCUT2D eigenvalue weighted by Crippen LogP contribution is 2.37. The Kier molecular flexibility index (Phi) is 5.52. The largest absolute Gasteiger partial charge is 0.312 e. The number of hydrogen-bond acceptors (Lipinski definition) is 4. The van der Waals surface area contributed by atoms with Crippen molar-refractivity contribution >= 4 is 23.5 Å². The minimum absolute atomic E-state index is 0.0804. The predicted octanol–water partition coefficient (Wildman–Crippen LogP) is 4.47. The average molecular weight is 420 g/mol. The standard InChI is InChI=1S/C24H25N3O2S/c1-14-5-8-17(9-6-14)13-30-24-26-23(29)21-19(12-20(28)25-22(21)27(24)4)18-10-7-15(2)11-16(18)3/h5-11,19H,12-13H2,1-4H3,(H,25,28). The van der Waals surface area contributed by atoms with Crippen molar-refractivity contribution in [1.82, 2.24) is 9.55 Å². The van der Waals surface area contributed by atoms with E-state index in [0.29, 0.717) is 22.3 Å². The second-order valence-electron chi connectivity index (χ2n) is 7.96. The third-order valence-electron chi connectivity index (χ3n) is 5.59. The highest BCUT2D eigenvalue weighted by Gasteiger charge is 2.32. The number of aromatic nitrogens is 2. The van der Waals surface area contributed by atoms with E-state index in [-0.39, 0.29) is 23.8 Å². The molecule has 2 aromatic carbocycles. The van der Waals surface area contributed by atoms with Crippen LogP contribution in [0.4, 0.5) is 5.82 Å². The molecule has 30 heavy (non-hydrogen) atoms. The number of carbonyl (C=O) groups is 1. The van der Waals surface area contributed by atoms with E-state index in [1.165, 1.54) is 17.3 Å². The predicted molar refractivity (Wildman–Crippen MR) is 121 cm³/mol. The maximum atomic E-state index is 13.1. The minimum atomic E-state index is -0.281. The monoisotopic (exact) mass is 419 g/mol. The molecule has 154 valence electrons. The Bertz CT molecular complexity index is 1180. The van der Waals surface area contributed by atoms with Crippen LogP contribution in [0.25, 0.3) is 0 Å². The average Bonchev–Trinajstić information content (AvgIpc) is 2.70. The minimum Gasteiger partial charge on any atom is -0.312 e. The molecular weight excluding hydrogens is 394 g/mol. The summed E-state index contributed by atoms with van der Waals surface area (Å²) in [6, 6.07) is 14.4. The number of amides is 1. The Hall–Kier alpha value is -2.86. The molecule has 4 rings (SSSR count). The molecule has 0 bridgehead atoms. The van der Waals surface area contributed by atoms with Crippen LogP contribution in [-0.2, 0) is 17.6 Å². The number of benzene rings is 2. The van der Waals surface area contributed by atoms with Gasteiger partial charge in [-0.1, -0.05) is 65.4 Å². The molecule has 0 saturated heterocycles. The maximum Gasteiger partial charge on any atom is 0.279 e. The molecule has 0 spiro atoms. The molecule has 0 aliphatic carbocycles. The molecule has 1 N–H and O–H groups in total. The highest BCUT2D eigenvalue weighted by atomic mass is 32.2. The second kappa shape index (κ2) is 8.11. The summed E-state index contributed by atoms with van der Waals surface area (Å²) in [6.45, 7) is 6.12. The molecule has 5 nitrogen and oxygen atoms in total. The lowest BCUT2D eigenvalue weighted by Gasteiger charge is -2.28. The summed E-state index contributed by atoms with van der Waals surface area (Å²) < 4.78 is 1.84. The number of nitrogens with zero attached hydrogens (tertiary/aromatic N) is 2. The van der Waals surface area contributed by atoms with E-state index in [1.807, 2.05) is 37.6 Å². The Labute approximate surface area is 180 Å². The molecular formula is C24H25N3O2S. The SMILES string of the molecule is Cc1ccc(CSc2nc(=O)c3c(n2C)NC(=O)CC3c2ccc(C)cc2C)cc1. The summed E-state index contributed by atoms with van der Waals surface area (Å²) in [6.07, 6.45) is 0.254. The van der Waals surface area contributed by atoms with Gasteiger partial charge in [0.2, 0.25) is 5.91 Å². The van der Waals surface area contributed by atoms with Crippen LogP contribution < -0.4 is 10.9 Å². The van der Waals surface area contributed by atoms with Gasteiger partial charge in [0.05, 0.1) is 5.56 Å². The van der Waals surface area contributed by atoms with Gasteiger partial charge in [0.25, 0.3) is 5.56 Å². The number of anilines is 1. The van der Waals surface area contributed by atoms with E-state index in [0.717, 1.165) is 22.3 Å². The van der Waals surface area contributed by atoms with Crippen molar-refractivity contribution in [1.29, 1.82) is 0 Å². The highest BCUT2D eigenvalue weighted by molar-refractivity contribution is 7.98. The lowest BCUT2D eigenvalue weighted by molar-refractivity contribution is -0.116. The first-order valence-electron chi connectivity index (χ1n) is 9.99. The van der Waals surface area contributed by atoms with E-state index in [2.05, 4.69) is 47.6 Å². The Morgan fingerprint density at radius 3 is 2.47 bits per heavy atom. The van der Waals surface area contributed by atoms with Crippen molar-refractivity contribution in [2.24, 2.45) is 7.05 Å². The normalized spacial score (nSPS) is 15.6. The van der Waals surface area contributed by atoms with Crippen molar-refractivity contribution in [3.8, 4) is 0 Å². The van der Waals surface area contributed by atoms with Gasteiger partial charge in [0, 0.05) is 25.1 Å². The summed E-state index contributed by atoms with van der Waals surface area (Å²) in [4.78, 5) is 30.0. The molecule has 1 aliphatic heterocycles. The molecule has 0 fully saturated rings. The summed E-state index contributed by atoms with van der Waals surface area (Å²) in [5, 5.41) is 3.51. The van der Waals surface area contributed by atoms with Crippen LogP contribution in [0.5, 0.6) is 0 Å². The van der Waals surface area contributed by atoms with E-state index in [9.17, 15) is 9.59 Å². The number of thioether (sulfide) groups is 1. The van der Waals surface area contributed by atoms with Gasteiger partial charge < -0.3 is 9.88 Å². The zero-order chi connectivity index (χ0) is 21.4. The first-order valence-corrected chi connectivity index (χ1v) is 11.0. The van der Waals surface area contributed by atoms with Crippen LogP contribution in [0.15, 0.2) is 52.4 Å². The Morgan fingerprint density at radius 2 is 1.77 bits per heavy atom. The summed E-state index contributed by atoms with van der Waals surface area (Å²) in [5.74, 6) is 0.899. The second-order valence-corrected chi connectivity index (χ2v) is 8.90. The van der Waals surface area contributed by atoms with Gasteiger partial charge in [0.1, 0.15) is 5.82 Å². The quantitative estimate of drug-likeness (QED) is 0.501. The number of hydrogen-bond donors (Lipinski definition) is 1. The fourth-order valence-corrected chi connectivity index (χ4v) is 4.90. The van der Waals surface area contributed by atoms with Crippen LogP contribution in [-0.4, -0.2) is 15.5 Å². The van der Waals surface area contributed by atoms with Gasteiger partial charge >= 0.3 is 0 Å². The zero-order valence-electron chi connectivity index (χ0n) is 17.7. The lowest BCUT2D eigenvalue weighted by Crippen LogP contribution is -2.33. The molecule has 6 heteroatoms. The third-order valence-corrected chi connectivity index (χ3v) is 6.69. The van der Waals surface area contributed by atoms with Gasteiger partial charge in [-0.25, -0.2) is 0 Å². The number of carbonyl (C=O) groups excluding carboxylic acids is 1. The molecule has 0 radical (unpaired) electrons. The van der Waals surface area contributed by atoms with Crippen LogP contribution in [0.2, 0.25) is 0 Å². The maximum absolute atomic E-state index is 13.1. The van der Waals surface area contributed by atoms with Crippen LogP contribution in [0.3, 0.4) is 0 Å². The van der Waals surface area contributed by atoms with Crippen molar-refractivity contribution in [2.45, 2.75) is 44.0 Å². The van der Waals surface area contributed by atoms with Gasteiger partial charge in [-0.15, -0.1) is 0 Å². The van der Waals surface area contributed by atoms with Crippen molar-refractivity contribution < 1.29 is 4.79 Å². The Balaban J connectivity index is 1.72. The summed E-state index contributed by atoms with van der Waals surface area (Å²) in [7, 11) is 1.85. The lowest BCUT2D eigenvalue weighted by atomic mass is 9.84. The van der Waals surface area contributed by atoms with Gasteiger partial charge in [-0.3, -0.25) is 9.59 Å². The van der Waals surface area contributed by atoms with Crippen molar-refractivity contribution in [3.05, 3.63) is 86.2 Å². The molecule has 1 aromatic heterocycles. The molecule has 2 heterocycles. The van der Waals surface area contributed by atoms with Crippen LogP contribution >= 0.6 is 11.8 Å². The molecule has 3 aromatic rings. The molecule has 1 atom stereocenters. The van der Waals surface area contributed by atoms with E-state index in [1.54, 1.807) is 0 Å². The van der Waals surface area contributed by atoms with Crippen molar-refractivity contribution in [3.63, 3.8) is 0 Å². The van der Waals surface area contributed by atoms with Gasteiger partial charge in [-0.05, 0) is 37.5 Å². The van der Waals surface area contributed by atoms with Crippen LogP contribution in [0, 0.1) is 20.8 Å². The number of rotatable bonds is 4. The smallest absolute Gasteiger partial charge is 0.279 e. The molecule has 1 aliphatic rings. The first kappa shape index (κ1) is 20.4. The van der Waals surface area contributed by atoms with E-state index < -0.39 is 0 Å². The topological polar surface area (TPSA) is 64.0 Å². The zero-order valence-corrected chi connectivity index (χ0v) is 18.5. The third kappa shape index (κ3) is 3.92. The fourth-order valence-electron chi connectivity index (χ4n) is 3.98. The number of nitrogens with one attached hydrogen (secondary N) is 1. The van der Waals surface area contributed by atoms with Gasteiger partial charge in [0.15, 0.2) is 5.16 Å². The number of fused-ring (bicyclic) bond motifs is 1. The molecule has 1 unspecified atom stereocenters. The van der Waals surface area contributed by atoms with Crippen LogP contribution in [0.1, 0.15) is 45.7 Å². The Morgan fingerprint density at radius 1 is 1.07 bits per heavy atom. The summed E-state index contributed by atoms with van der Waals surface area (Å²) in [5.41, 5.74) is 5.93. The number of aryl methyl sites for hydroxylation is 3. The fraction of sp³-hybridized carbons (Fsp3) is 0.292. The van der Waals surface area contributed by atoms with Gasteiger partial charge in [-0.2, -0.15) is 4.98 Å². The molecule has 0 saturated carbocycles.